The third kappa shape index (κ3) is 2.10. The number of likely N-dealkylation sites (N-methyl/N-ethyl adjacent to an activating group) is 1. The summed E-state index contributed by atoms with van der Waals surface area (Å²) in [5, 5.41) is 9.27. The highest BCUT2D eigenvalue weighted by Gasteiger charge is 2.23. The molecule has 3 heterocycles. The van der Waals surface area contributed by atoms with Crippen LogP contribution in [-0.2, 0) is 4.79 Å². The number of rotatable bonds is 2. The zero-order chi connectivity index (χ0) is 16.8. The third-order valence-corrected chi connectivity index (χ3v) is 4.05. The molecule has 7 heteroatoms. The molecule has 0 spiro atoms. The first-order valence-electron chi connectivity index (χ1n) is 7.29. The van der Waals surface area contributed by atoms with Crippen LogP contribution in [0.25, 0.3) is 16.9 Å². The Balaban J connectivity index is 1.85. The minimum atomic E-state index is -1.03. The van der Waals surface area contributed by atoms with Crippen LogP contribution in [0.2, 0.25) is 0 Å². The average molecular weight is 323 g/mol. The molecule has 1 aliphatic heterocycles. The number of pyridine rings is 1. The van der Waals surface area contributed by atoms with Crippen LogP contribution in [0.1, 0.15) is 10.4 Å². The smallest absolute Gasteiger partial charge is 0.339 e. The maximum Gasteiger partial charge on any atom is 0.339 e. The quantitative estimate of drug-likeness (QED) is 0.780. The molecule has 0 saturated carbocycles. The number of carbonyl (C=O) groups excluding carboxylic acids is 1. The Morgan fingerprint density at radius 2 is 2.17 bits per heavy atom. The normalized spacial score (nSPS) is 13.7. The van der Waals surface area contributed by atoms with Crippen molar-refractivity contribution in [2.24, 2.45) is 0 Å². The van der Waals surface area contributed by atoms with Gasteiger partial charge in [0.15, 0.2) is 12.3 Å². The summed E-state index contributed by atoms with van der Waals surface area (Å²) in [4.78, 5) is 29.1. The van der Waals surface area contributed by atoms with Crippen LogP contribution in [0.4, 0.5) is 5.69 Å². The number of aromatic carboxylic acids is 1. The first-order chi connectivity index (χ1) is 11.5. The summed E-state index contributed by atoms with van der Waals surface area (Å²) in [6.07, 6.45) is 3.50. The molecule has 2 aromatic heterocycles. The predicted octanol–water partition coefficient (Wildman–Crippen LogP) is 2.05. The number of hydrogen-bond acceptors (Lipinski definition) is 4. The van der Waals surface area contributed by atoms with Crippen LogP contribution in [0.15, 0.2) is 42.7 Å². The number of amides is 1. The molecule has 1 aromatic carbocycles. The topological polar surface area (TPSA) is 84.1 Å². The minimum Gasteiger partial charge on any atom is -0.482 e. The molecule has 0 radical (unpaired) electrons. The summed E-state index contributed by atoms with van der Waals surface area (Å²) in [5.41, 5.74) is 2.58. The van der Waals surface area contributed by atoms with Crippen LogP contribution < -0.4 is 9.64 Å². The van der Waals surface area contributed by atoms with Crippen molar-refractivity contribution in [2.75, 3.05) is 18.6 Å². The second-order valence-corrected chi connectivity index (χ2v) is 5.51. The summed E-state index contributed by atoms with van der Waals surface area (Å²) in [6.45, 7) is 0.0270. The monoisotopic (exact) mass is 323 g/mol. The Labute approximate surface area is 136 Å². The summed E-state index contributed by atoms with van der Waals surface area (Å²) >= 11 is 0. The fourth-order valence-corrected chi connectivity index (χ4v) is 2.75. The number of carbonyl (C=O) groups is 2. The molecule has 0 aliphatic carbocycles. The SMILES string of the molecule is CN1C(=O)COc2ccc(-c3cn4cccc(C(=O)O)c4n3)cc21. The van der Waals surface area contributed by atoms with Crippen LogP contribution >= 0.6 is 0 Å². The Morgan fingerprint density at radius 1 is 1.33 bits per heavy atom. The van der Waals surface area contributed by atoms with Crippen molar-refractivity contribution in [2.45, 2.75) is 0 Å². The summed E-state index contributed by atoms with van der Waals surface area (Å²) < 4.78 is 7.08. The van der Waals surface area contributed by atoms with Gasteiger partial charge in [-0.15, -0.1) is 0 Å². The van der Waals surface area contributed by atoms with Crippen molar-refractivity contribution in [3.8, 4) is 17.0 Å². The molecule has 1 amide bonds. The highest BCUT2D eigenvalue weighted by atomic mass is 16.5. The summed E-state index contributed by atoms with van der Waals surface area (Å²) in [5.74, 6) is -0.513. The number of anilines is 1. The van der Waals surface area contributed by atoms with Crippen molar-refractivity contribution in [3.63, 3.8) is 0 Å². The van der Waals surface area contributed by atoms with Crippen LogP contribution in [-0.4, -0.2) is 40.0 Å². The van der Waals surface area contributed by atoms with Gasteiger partial charge < -0.3 is 19.1 Å². The number of imidazole rings is 1. The molecule has 0 fully saturated rings. The van der Waals surface area contributed by atoms with E-state index in [0.717, 1.165) is 5.56 Å². The first-order valence-corrected chi connectivity index (χ1v) is 7.29. The summed E-state index contributed by atoms with van der Waals surface area (Å²) in [6, 6.07) is 8.62. The second-order valence-electron chi connectivity index (χ2n) is 5.51. The number of ether oxygens (including phenoxy) is 1. The maximum atomic E-state index is 11.8. The number of carboxylic acid groups (broad SMARTS) is 1. The van der Waals surface area contributed by atoms with Crippen molar-refractivity contribution in [3.05, 3.63) is 48.3 Å². The van der Waals surface area contributed by atoms with Gasteiger partial charge >= 0.3 is 5.97 Å². The minimum absolute atomic E-state index is 0.0270. The van der Waals surface area contributed by atoms with E-state index in [0.29, 0.717) is 22.8 Å². The number of carboxylic acids is 1. The zero-order valence-corrected chi connectivity index (χ0v) is 12.8. The van der Waals surface area contributed by atoms with Gasteiger partial charge in [-0.2, -0.15) is 0 Å². The number of nitrogens with zero attached hydrogens (tertiary/aromatic N) is 3. The Hall–Kier alpha value is -3.35. The lowest BCUT2D eigenvalue weighted by molar-refractivity contribution is -0.120. The molecule has 0 bridgehead atoms. The number of hydrogen-bond donors (Lipinski definition) is 1. The van der Waals surface area contributed by atoms with Gasteiger partial charge in [-0.25, -0.2) is 9.78 Å². The number of benzene rings is 1. The zero-order valence-electron chi connectivity index (χ0n) is 12.8. The van der Waals surface area contributed by atoms with Gasteiger partial charge in [-0.05, 0) is 30.3 Å². The van der Waals surface area contributed by atoms with E-state index in [1.807, 2.05) is 12.1 Å². The highest BCUT2D eigenvalue weighted by molar-refractivity contribution is 5.98. The van der Waals surface area contributed by atoms with Gasteiger partial charge in [0.05, 0.1) is 11.4 Å². The van der Waals surface area contributed by atoms with E-state index in [2.05, 4.69) is 4.98 Å². The standard InChI is InChI=1S/C17H13N3O4/c1-19-13-7-10(4-5-14(13)24-9-15(19)21)12-8-20-6-2-3-11(17(22)23)16(20)18-12/h2-8H,9H2,1H3,(H,22,23). The Morgan fingerprint density at radius 3 is 2.96 bits per heavy atom. The lowest BCUT2D eigenvalue weighted by Crippen LogP contribution is -2.35. The largest absolute Gasteiger partial charge is 0.482 e. The third-order valence-electron chi connectivity index (χ3n) is 4.05. The van der Waals surface area contributed by atoms with Crippen molar-refractivity contribution in [1.29, 1.82) is 0 Å². The molecular weight excluding hydrogens is 310 g/mol. The number of fused-ring (bicyclic) bond motifs is 2. The molecule has 0 saturated heterocycles. The number of aromatic nitrogens is 2. The van der Waals surface area contributed by atoms with Crippen molar-refractivity contribution < 1.29 is 19.4 Å². The van der Waals surface area contributed by atoms with Gasteiger partial charge in [0.1, 0.15) is 11.3 Å². The molecule has 1 N–H and O–H groups in total. The van der Waals surface area contributed by atoms with Gasteiger partial charge in [0.2, 0.25) is 0 Å². The van der Waals surface area contributed by atoms with E-state index in [4.69, 9.17) is 4.74 Å². The molecule has 0 unspecified atom stereocenters. The van der Waals surface area contributed by atoms with E-state index < -0.39 is 5.97 Å². The second kappa shape index (κ2) is 5.09. The molecular formula is C17H13N3O4. The molecule has 24 heavy (non-hydrogen) atoms. The fraction of sp³-hybridized carbons (Fsp3) is 0.118. The highest BCUT2D eigenvalue weighted by Crippen LogP contribution is 2.35. The van der Waals surface area contributed by atoms with Gasteiger partial charge in [-0.1, -0.05) is 0 Å². The average Bonchev–Trinajstić information content (AvgIpc) is 3.02. The lowest BCUT2D eigenvalue weighted by atomic mass is 10.1. The Bertz CT molecular complexity index is 993. The summed E-state index contributed by atoms with van der Waals surface area (Å²) in [7, 11) is 1.69. The predicted molar refractivity (Wildman–Crippen MR) is 86.5 cm³/mol. The Kier molecular flexibility index (Phi) is 3.02. The van der Waals surface area contributed by atoms with E-state index in [9.17, 15) is 14.7 Å². The molecule has 1 aliphatic rings. The van der Waals surface area contributed by atoms with Crippen molar-refractivity contribution >= 4 is 23.2 Å². The van der Waals surface area contributed by atoms with E-state index in [1.165, 1.54) is 6.07 Å². The van der Waals surface area contributed by atoms with Gasteiger partial charge in [0.25, 0.3) is 5.91 Å². The molecule has 4 rings (SSSR count). The molecule has 0 atom stereocenters. The van der Waals surface area contributed by atoms with Crippen molar-refractivity contribution in [1.82, 2.24) is 9.38 Å². The molecule has 120 valence electrons. The molecule has 3 aromatic rings. The van der Waals surface area contributed by atoms with E-state index in [-0.39, 0.29) is 18.1 Å². The van der Waals surface area contributed by atoms with Crippen LogP contribution in [0, 0.1) is 0 Å². The van der Waals surface area contributed by atoms with Gasteiger partial charge in [-0.3, -0.25) is 4.79 Å². The fourth-order valence-electron chi connectivity index (χ4n) is 2.75. The molecule has 7 nitrogen and oxygen atoms in total. The van der Waals surface area contributed by atoms with E-state index >= 15 is 0 Å². The van der Waals surface area contributed by atoms with E-state index in [1.54, 1.807) is 40.9 Å². The first kappa shape index (κ1) is 14.3. The lowest BCUT2D eigenvalue weighted by Gasteiger charge is -2.26. The van der Waals surface area contributed by atoms with Crippen LogP contribution in [0.3, 0.4) is 0 Å². The maximum absolute atomic E-state index is 11.8. The van der Waals surface area contributed by atoms with Gasteiger partial charge in [0, 0.05) is 25.0 Å². The van der Waals surface area contributed by atoms with Crippen LogP contribution in [0.5, 0.6) is 5.75 Å².